The summed E-state index contributed by atoms with van der Waals surface area (Å²) in [6.45, 7) is 0.451. The molecule has 0 fully saturated rings. The van der Waals surface area contributed by atoms with E-state index in [-0.39, 0.29) is 47.6 Å². The molecule has 0 saturated heterocycles. The van der Waals surface area contributed by atoms with Crippen molar-refractivity contribution >= 4 is 29.1 Å². The molecule has 6 nitrogen and oxygen atoms in total. The SMILES string of the molecule is O=C(CCCc1nccc(C(F)(F)F)n1)N1CCc2c(Cl)c(O)c(O)c(Cl)c2C1. The van der Waals surface area contributed by atoms with Crippen LogP contribution in [0.15, 0.2) is 12.3 Å². The normalized spacial score (nSPS) is 14.0. The first-order chi connectivity index (χ1) is 13.6. The highest BCUT2D eigenvalue weighted by Gasteiger charge is 2.33. The number of phenols is 2. The number of aryl methyl sites for hydroxylation is 1. The molecule has 1 aliphatic heterocycles. The van der Waals surface area contributed by atoms with Crippen molar-refractivity contribution in [3.63, 3.8) is 0 Å². The van der Waals surface area contributed by atoms with Gasteiger partial charge in [0.15, 0.2) is 11.5 Å². The summed E-state index contributed by atoms with van der Waals surface area (Å²) in [6.07, 6.45) is -2.66. The van der Waals surface area contributed by atoms with E-state index >= 15 is 0 Å². The number of carbonyl (C=O) groups excluding carboxylic acids is 1. The van der Waals surface area contributed by atoms with Gasteiger partial charge < -0.3 is 15.1 Å². The van der Waals surface area contributed by atoms with Crippen molar-refractivity contribution in [3.05, 3.63) is 45.0 Å². The van der Waals surface area contributed by atoms with E-state index in [0.29, 0.717) is 24.1 Å². The second kappa shape index (κ2) is 8.23. The predicted octanol–water partition coefficient (Wildman–Crippen LogP) is 4.12. The van der Waals surface area contributed by atoms with Crippen LogP contribution in [0.2, 0.25) is 10.0 Å². The average Bonchev–Trinajstić information content (AvgIpc) is 2.69. The zero-order valence-corrected chi connectivity index (χ0v) is 16.4. The molecule has 0 spiro atoms. The van der Waals surface area contributed by atoms with Crippen LogP contribution in [0.5, 0.6) is 11.5 Å². The van der Waals surface area contributed by atoms with Crippen LogP contribution in [-0.2, 0) is 30.4 Å². The van der Waals surface area contributed by atoms with Gasteiger partial charge in [-0.2, -0.15) is 13.2 Å². The van der Waals surface area contributed by atoms with Gasteiger partial charge in [-0.05, 0) is 30.0 Å². The molecule has 1 amide bonds. The Morgan fingerprint density at radius 1 is 1.17 bits per heavy atom. The van der Waals surface area contributed by atoms with Crippen LogP contribution >= 0.6 is 23.2 Å². The first-order valence-electron chi connectivity index (χ1n) is 8.67. The van der Waals surface area contributed by atoms with Crippen LogP contribution in [-0.4, -0.2) is 37.5 Å². The summed E-state index contributed by atoms with van der Waals surface area (Å²) < 4.78 is 38.1. The highest BCUT2D eigenvalue weighted by molar-refractivity contribution is 6.36. The van der Waals surface area contributed by atoms with Gasteiger partial charge in [0.05, 0.1) is 10.0 Å². The zero-order valence-electron chi connectivity index (χ0n) is 14.9. The molecule has 0 radical (unpaired) electrons. The highest BCUT2D eigenvalue weighted by Crippen LogP contribution is 2.46. The Bertz CT molecular complexity index is 954. The Morgan fingerprint density at radius 2 is 1.83 bits per heavy atom. The molecule has 1 aliphatic rings. The number of aromatic nitrogens is 2. The third-order valence-electron chi connectivity index (χ3n) is 4.65. The van der Waals surface area contributed by atoms with Crippen LogP contribution in [0, 0.1) is 0 Å². The molecule has 1 aromatic heterocycles. The molecule has 29 heavy (non-hydrogen) atoms. The minimum Gasteiger partial charge on any atom is -0.503 e. The maximum Gasteiger partial charge on any atom is 0.433 e. The molecule has 2 N–H and O–H groups in total. The Hall–Kier alpha value is -2.26. The summed E-state index contributed by atoms with van der Waals surface area (Å²) in [5, 5.41) is 19.6. The lowest BCUT2D eigenvalue weighted by molar-refractivity contribution is -0.141. The highest BCUT2D eigenvalue weighted by atomic mass is 35.5. The number of hydrogen-bond acceptors (Lipinski definition) is 5. The maximum absolute atomic E-state index is 12.7. The number of benzene rings is 1. The molecule has 1 aromatic carbocycles. The van der Waals surface area contributed by atoms with Gasteiger partial charge in [0.25, 0.3) is 0 Å². The summed E-state index contributed by atoms with van der Waals surface area (Å²) in [5.41, 5.74) is 0.0252. The van der Waals surface area contributed by atoms with Gasteiger partial charge in [-0.15, -0.1) is 0 Å². The molecule has 0 unspecified atom stereocenters. The van der Waals surface area contributed by atoms with Gasteiger partial charge in [0.2, 0.25) is 5.91 Å². The molecular formula is C18H16Cl2F3N3O3. The van der Waals surface area contributed by atoms with Crippen molar-refractivity contribution in [1.82, 2.24) is 14.9 Å². The number of alkyl halides is 3. The third kappa shape index (κ3) is 4.51. The second-order valence-corrected chi connectivity index (χ2v) is 7.31. The fraction of sp³-hybridized carbons (Fsp3) is 0.389. The molecular weight excluding hydrogens is 434 g/mol. The number of aromatic hydroxyl groups is 2. The Labute approximate surface area is 173 Å². The number of halogens is 5. The summed E-state index contributed by atoms with van der Waals surface area (Å²) in [7, 11) is 0. The minimum atomic E-state index is -4.55. The van der Waals surface area contributed by atoms with Gasteiger partial charge >= 0.3 is 6.18 Å². The number of hydrogen-bond donors (Lipinski definition) is 2. The van der Waals surface area contributed by atoms with Crippen molar-refractivity contribution < 1.29 is 28.2 Å². The molecule has 2 heterocycles. The molecule has 0 bridgehead atoms. The molecule has 2 aromatic rings. The van der Waals surface area contributed by atoms with Crippen molar-refractivity contribution in [1.29, 1.82) is 0 Å². The smallest absolute Gasteiger partial charge is 0.433 e. The lowest BCUT2D eigenvalue weighted by Gasteiger charge is -2.30. The Morgan fingerprint density at radius 3 is 2.48 bits per heavy atom. The van der Waals surface area contributed by atoms with Crippen molar-refractivity contribution in [2.24, 2.45) is 0 Å². The molecule has 11 heteroatoms. The first-order valence-corrected chi connectivity index (χ1v) is 9.42. The summed E-state index contributed by atoms with van der Waals surface area (Å²) in [4.78, 5) is 21.3. The second-order valence-electron chi connectivity index (χ2n) is 6.56. The lowest BCUT2D eigenvalue weighted by atomic mass is 9.98. The van der Waals surface area contributed by atoms with Crippen molar-refractivity contribution in [3.8, 4) is 11.5 Å². The monoisotopic (exact) mass is 449 g/mol. The fourth-order valence-corrected chi connectivity index (χ4v) is 3.71. The van der Waals surface area contributed by atoms with Crippen LogP contribution < -0.4 is 0 Å². The van der Waals surface area contributed by atoms with E-state index in [1.165, 1.54) is 4.90 Å². The van der Waals surface area contributed by atoms with Crippen molar-refractivity contribution in [2.75, 3.05) is 6.54 Å². The molecule has 156 valence electrons. The maximum atomic E-state index is 12.7. The number of nitrogens with zero attached hydrogens (tertiary/aromatic N) is 3. The fourth-order valence-electron chi connectivity index (χ4n) is 3.15. The van der Waals surface area contributed by atoms with E-state index in [1.807, 2.05) is 0 Å². The van der Waals surface area contributed by atoms with E-state index in [2.05, 4.69) is 9.97 Å². The molecule has 3 rings (SSSR count). The predicted molar refractivity (Wildman–Crippen MR) is 98.9 cm³/mol. The summed E-state index contributed by atoms with van der Waals surface area (Å²) >= 11 is 12.1. The first kappa shape index (κ1) is 21.4. The molecule has 0 atom stereocenters. The van der Waals surface area contributed by atoms with Gasteiger partial charge in [-0.3, -0.25) is 4.79 Å². The van der Waals surface area contributed by atoms with E-state index in [1.54, 1.807) is 0 Å². The van der Waals surface area contributed by atoms with Gasteiger partial charge in [0.1, 0.15) is 11.5 Å². The largest absolute Gasteiger partial charge is 0.503 e. The summed E-state index contributed by atoms with van der Waals surface area (Å²) in [6, 6.07) is 0.794. The van der Waals surface area contributed by atoms with E-state index in [9.17, 15) is 28.2 Å². The van der Waals surface area contributed by atoms with Crippen LogP contribution in [0.1, 0.15) is 35.5 Å². The van der Waals surface area contributed by atoms with Gasteiger partial charge in [0, 0.05) is 32.1 Å². The average molecular weight is 450 g/mol. The number of carbonyl (C=O) groups is 1. The lowest BCUT2D eigenvalue weighted by Crippen LogP contribution is -2.36. The quantitative estimate of drug-likeness (QED) is 0.685. The van der Waals surface area contributed by atoms with Gasteiger partial charge in [-0.1, -0.05) is 23.2 Å². The van der Waals surface area contributed by atoms with Crippen LogP contribution in [0.4, 0.5) is 13.2 Å². The number of phenolic OH excluding ortho intramolecular Hbond substituents is 2. The molecule has 0 aliphatic carbocycles. The minimum absolute atomic E-state index is 0.00990. The Kier molecular flexibility index (Phi) is 6.09. The van der Waals surface area contributed by atoms with Crippen LogP contribution in [0.3, 0.4) is 0 Å². The standard InChI is InChI=1S/C18H16Cl2F3N3O3/c19-14-9-5-7-26(8-10(9)15(20)17(29)16(14)28)13(27)3-1-2-12-24-6-4-11(25-12)18(21,22)23/h4,6,28-29H,1-3,5,7-8H2. The number of amides is 1. The third-order valence-corrected chi connectivity index (χ3v) is 5.47. The number of fused-ring (bicyclic) bond motifs is 1. The zero-order chi connectivity index (χ0) is 21.3. The van der Waals surface area contributed by atoms with E-state index in [4.69, 9.17) is 23.2 Å². The topological polar surface area (TPSA) is 86.6 Å². The summed E-state index contributed by atoms with van der Waals surface area (Å²) in [5.74, 6) is -1.23. The van der Waals surface area contributed by atoms with Gasteiger partial charge in [-0.25, -0.2) is 9.97 Å². The Balaban J connectivity index is 1.62. The molecule has 0 saturated carbocycles. The number of rotatable bonds is 4. The van der Waals surface area contributed by atoms with Crippen LogP contribution in [0.25, 0.3) is 0 Å². The van der Waals surface area contributed by atoms with Crippen molar-refractivity contribution in [2.45, 2.75) is 38.4 Å². The van der Waals surface area contributed by atoms with E-state index in [0.717, 1.165) is 12.3 Å². The van der Waals surface area contributed by atoms with E-state index < -0.39 is 23.4 Å².